The molecular formula is C23H18F3N5O2S. The molecule has 34 heavy (non-hydrogen) atoms. The van der Waals surface area contributed by atoms with Gasteiger partial charge in [0.2, 0.25) is 0 Å². The smallest absolute Gasteiger partial charge is 0.324 e. The van der Waals surface area contributed by atoms with Crippen molar-refractivity contribution in [1.82, 2.24) is 19.5 Å². The van der Waals surface area contributed by atoms with Gasteiger partial charge >= 0.3 is 6.18 Å². The maximum atomic E-state index is 13.1. The van der Waals surface area contributed by atoms with Crippen LogP contribution < -0.4 is 0 Å². The van der Waals surface area contributed by atoms with E-state index in [1.54, 1.807) is 31.3 Å². The highest BCUT2D eigenvalue weighted by atomic mass is 32.2. The molecule has 3 aromatic heterocycles. The van der Waals surface area contributed by atoms with E-state index >= 15 is 0 Å². The molecule has 174 valence electrons. The first-order chi connectivity index (χ1) is 16.0. The van der Waals surface area contributed by atoms with Crippen LogP contribution in [0.5, 0.6) is 0 Å². The summed E-state index contributed by atoms with van der Waals surface area (Å²) in [6, 6.07) is 11.5. The van der Waals surface area contributed by atoms with Gasteiger partial charge in [0.05, 0.1) is 40.4 Å². The Bertz CT molecular complexity index is 1550. The SMILES string of the molecule is CCS(=O)(=O)c1cc(-c2cccc(CC#N)c2)cnc1-c1nc2cc(C(F)(F)F)ncc2n1C. The number of rotatable bonds is 5. The zero-order valence-electron chi connectivity index (χ0n) is 18.1. The Morgan fingerprint density at radius 1 is 1.09 bits per heavy atom. The number of sulfone groups is 1. The van der Waals surface area contributed by atoms with Crippen LogP contribution >= 0.6 is 0 Å². The molecule has 0 spiro atoms. The van der Waals surface area contributed by atoms with Crippen molar-refractivity contribution < 1.29 is 21.6 Å². The maximum Gasteiger partial charge on any atom is 0.433 e. The quantitative estimate of drug-likeness (QED) is 0.410. The molecule has 0 atom stereocenters. The third kappa shape index (κ3) is 4.24. The number of benzene rings is 1. The molecule has 4 rings (SSSR count). The Morgan fingerprint density at radius 2 is 1.85 bits per heavy atom. The number of imidazole rings is 1. The Labute approximate surface area is 193 Å². The van der Waals surface area contributed by atoms with Gasteiger partial charge < -0.3 is 4.57 Å². The lowest BCUT2D eigenvalue weighted by atomic mass is 10.0. The van der Waals surface area contributed by atoms with Crippen LogP contribution in [-0.4, -0.2) is 33.7 Å². The second-order valence-corrected chi connectivity index (χ2v) is 9.81. The summed E-state index contributed by atoms with van der Waals surface area (Å²) in [4.78, 5) is 12.0. The van der Waals surface area contributed by atoms with Crippen molar-refractivity contribution in [1.29, 1.82) is 5.26 Å². The van der Waals surface area contributed by atoms with E-state index in [0.29, 0.717) is 16.6 Å². The molecule has 0 aliphatic heterocycles. The lowest BCUT2D eigenvalue weighted by Crippen LogP contribution is -2.09. The van der Waals surface area contributed by atoms with Gasteiger partial charge in [-0.05, 0) is 23.3 Å². The van der Waals surface area contributed by atoms with Crippen LogP contribution in [0.15, 0.2) is 53.7 Å². The lowest BCUT2D eigenvalue weighted by Gasteiger charge is -2.12. The van der Waals surface area contributed by atoms with E-state index in [1.807, 2.05) is 0 Å². The molecule has 3 heterocycles. The third-order valence-corrected chi connectivity index (χ3v) is 7.12. The molecule has 0 fully saturated rings. The Morgan fingerprint density at radius 3 is 2.53 bits per heavy atom. The molecule has 4 aromatic rings. The van der Waals surface area contributed by atoms with Gasteiger partial charge in [0.15, 0.2) is 15.7 Å². The summed E-state index contributed by atoms with van der Waals surface area (Å²) in [6.07, 6.45) is -1.90. The fraction of sp³-hybridized carbons (Fsp3) is 0.217. The molecule has 0 aliphatic carbocycles. The number of pyridine rings is 2. The van der Waals surface area contributed by atoms with Crippen LogP contribution in [0.25, 0.3) is 33.7 Å². The Balaban J connectivity index is 1.92. The highest BCUT2D eigenvalue weighted by Crippen LogP contribution is 2.34. The maximum absolute atomic E-state index is 13.1. The third-order valence-electron chi connectivity index (χ3n) is 5.38. The molecule has 0 amide bonds. The van der Waals surface area contributed by atoms with Crippen LogP contribution in [0.4, 0.5) is 13.2 Å². The fourth-order valence-corrected chi connectivity index (χ4v) is 4.63. The van der Waals surface area contributed by atoms with Crippen LogP contribution in [-0.2, 0) is 29.5 Å². The van der Waals surface area contributed by atoms with Crippen molar-refractivity contribution in [3.05, 3.63) is 60.0 Å². The van der Waals surface area contributed by atoms with Crippen LogP contribution in [0.2, 0.25) is 0 Å². The number of alkyl halides is 3. The molecule has 0 bridgehead atoms. The van der Waals surface area contributed by atoms with Gasteiger partial charge in [-0.25, -0.2) is 18.4 Å². The van der Waals surface area contributed by atoms with Crippen molar-refractivity contribution in [2.45, 2.75) is 24.4 Å². The van der Waals surface area contributed by atoms with Gasteiger partial charge in [-0.15, -0.1) is 0 Å². The summed E-state index contributed by atoms with van der Waals surface area (Å²) in [5.41, 5.74) is 1.25. The fourth-order valence-electron chi connectivity index (χ4n) is 3.57. The van der Waals surface area contributed by atoms with Gasteiger partial charge in [-0.3, -0.25) is 4.98 Å². The monoisotopic (exact) mass is 485 g/mol. The molecule has 0 aliphatic rings. The Hall–Kier alpha value is -3.78. The van der Waals surface area contributed by atoms with Gasteiger partial charge in [0, 0.05) is 18.8 Å². The number of hydrogen-bond donors (Lipinski definition) is 0. The van der Waals surface area contributed by atoms with Crippen molar-refractivity contribution >= 4 is 20.9 Å². The normalized spacial score (nSPS) is 12.1. The van der Waals surface area contributed by atoms with Gasteiger partial charge in [0.1, 0.15) is 11.4 Å². The summed E-state index contributed by atoms with van der Waals surface area (Å²) in [7, 11) is -2.22. The molecule has 0 saturated heterocycles. The van der Waals surface area contributed by atoms with Crippen LogP contribution in [0.1, 0.15) is 18.2 Å². The number of hydrogen-bond acceptors (Lipinski definition) is 6. The number of fused-ring (bicyclic) bond motifs is 1. The van der Waals surface area contributed by atoms with Crippen molar-refractivity contribution in [2.75, 3.05) is 5.75 Å². The minimum Gasteiger partial charge on any atom is -0.324 e. The minimum absolute atomic E-state index is 0.0229. The predicted molar refractivity (Wildman–Crippen MR) is 119 cm³/mol. The molecule has 0 unspecified atom stereocenters. The number of nitriles is 1. The summed E-state index contributed by atoms with van der Waals surface area (Å²) < 4.78 is 66.7. The average Bonchev–Trinajstić information content (AvgIpc) is 3.14. The minimum atomic E-state index is -4.64. The number of nitrogens with zero attached hydrogens (tertiary/aromatic N) is 5. The van der Waals surface area contributed by atoms with E-state index in [1.165, 1.54) is 23.8 Å². The lowest BCUT2D eigenvalue weighted by molar-refractivity contribution is -0.141. The summed E-state index contributed by atoms with van der Waals surface area (Å²) >= 11 is 0. The van der Waals surface area contributed by atoms with Gasteiger partial charge in [-0.2, -0.15) is 18.4 Å². The van der Waals surface area contributed by atoms with E-state index < -0.39 is 21.7 Å². The van der Waals surface area contributed by atoms with Crippen molar-refractivity contribution in [2.24, 2.45) is 7.05 Å². The van der Waals surface area contributed by atoms with E-state index in [2.05, 4.69) is 21.0 Å². The largest absolute Gasteiger partial charge is 0.433 e. The van der Waals surface area contributed by atoms with E-state index in [4.69, 9.17) is 5.26 Å². The number of aryl methyl sites for hydroxylation is 1. The summed E-state index contributed by atoms with van der Waals surface area (Å²) in [6.45, 7) is 1.49. The average molecular weight is 485 g/mol. The van der Waals surface area contributed by atoms with Crippen LogP contribution in [0, 0.1) is 11.3 Å². The van der Waals surface area contributed by atoms with E-state index in [0.717, 1.165) is 17.8 Å². The highest BCUT2D eigenvalue weighted by molar-refractivity contribution is 7.91. The van der Waals surface area contributed by atoms with Gasteiger partial charge in [0.25, 0.3) is 0 Å². The summed E-state index contributed by atoms with van der Waals surface area (Å²) in [5.74, 6) is -0.100. The zero-order chi connectivity index (χ0) is 24.7. The second-order valence-electron chi connectivity index (χ2n) is 7.56. The number of halogens is 3. The van der Waals surface area contributed by atoms with Crippen molar-refractivity contribution in [3.63, 3.8) is 0 Å². The molecule has 7 nitrogen and oxygen atoms in total. The first kappa shape index (κ1) is 23.4. The Kier molecular flexibility index (Phi) is 5.87. The van der Waals surface area contributed by atoms with E-state index in [9.17, 15) is 21.6 Å². The molecule has 1 aromatic carbocycles. The van der Waals surface area contributed by atoms with Crippen LogP contribution in [0.3, 0.4) is 0 Å². The zero-order valence-corrected chi connectivity index (χ0v) is 18.9. The standard InChI is InChI=1S/C23H18F3N5O2S/c1-3-34(32,33)19-10-16(15-6-4-5-14(9-15)7-8-27)12-29-21(19)22-30-17-11-20(23(24,25)26)28-13-18(17)31(22)2/h4-6,9-13H,3,7H2,1-2H3. The van der Waals surface area contributed by atoms with Gasteiger partial charge in [-0.1, -0.05) is 31.2 Å². The topological polar surface area (TPSA) is 102 Å². The number of aromatic nitrogens is 4. The first-order valence-corrected chi connectivity index (χ1v) is 11.8. The highest BCUT2D eigenvalue weighted by Gasteiger charge is 2.33. The molecular weight excluding hydrogens is 467 g/mol. The van der Waals surface area contributed by atoms with E-state index in [-0.39, 0.29) is 34.1 Å². The predicted octanol–water partition coefficient (Wildman–Crippen LogP) is 4.58. The van der Waals surface area contributed by atoms with Crippen molar-refractivity contribution in [3.8, 4) is 28.7 Å². The first-order valence-electron chi connectivity index (χ1n) is 10.1. The molecule has 11 heteroatoms. The molecule has 0 N–H and O–H groups in total. The molecule has 0 saturated carbocycles. The second kappa shape index (κ2) is 8.53. The molecule has 0 radical (unpaired) electrons. The summed E-state index contributed by atoms with van der Waals surface area (Å²) in [5, 5.41) is 8.96.